The lowest BCUT2D eigenvalue weighted by Gasteiger charge is -2.21. The van der Waals surface area contributed by atoms with Crippen molar-refractivity contribution in [1.29, 1.82) is 0 Å². The summed E-state index contributed by atoms with van der Waals surface area (Å²) in [5.74, 6) is 0.0645. The van der Waals surface area contributed by atoms with Crippen molar-refractivity contribution in [3.05, 3.63) is 12.4 Å². The van der Waals surface area contributed by atoms with E-state index in [9.17, 15) is 8.42 Å². The van der Waals surface area contributed by atoms with E-state index in [1.54, 1.807) is 0 Å². The maximum absolute atomic E-state index is 12.3. The molecule has 0 aromatic carbocycles. The lowest BCUT2D eigenvalue weighted by atomic mass is 10.4. The first-order valence-electron chi connectivity index (χ1n) is 6.10. The van der Waals surface area contributed by atoms with Crippen molar-refractivity contribution in [2.24, 2.45) is 0 Å². The highest BCUT2D eigenvalue weighted by atomic mass is 32.2. The maximum atomic E-state index is 12.3. The van der Waals surface area contributed by atoms with E-state index in [4.69, 9.17) is 5.73 Å². The van der Waals surface area contributed by atoms with Crippen molar-refractivity contribution in [1.82, 2.24) is 19.2 Å². The summed E-state index contributed by atoms with van der Waals surface area (Å²) in [6, 6.07) is 0. The SMILES string of the molecule is CCN(CCCN(C)C)S(=O)(=O)c1cnc(N)nc1. The molecule has 0 unspecified atom stereocenters. The largest absolute Gasteiger partial charge is 0.368 e. The summed E-state index contributed by atoms with van der Waals surface area (Å²) >= 11 is 0. The molecule has 1 heterocycles. The molecule has 0 atom stereocenters. The molecule has 108 valence electrons. The summed E-state index contributed by atoms with van der Waals surface area (Å²) in [6.07, 6.45) is 3.26. The van der Waals surface area contributed by atoms with Gasteiger partial charge in [0.25, 0.3) is 0 Å². The second-order valence-corrected chi connectivity index (χ2v) is 6.37. The van der Waals surface area contributed by atoms with Gasteiger partial charge in [-0.1, -0.05) is 6.92 Å². The number of anilines is 1. The number of nitrogens with zero attached hydrogens (tertiary/aromatic N) is 4. The Bertz CT molecular complexity index is 486. The third-order valence-corrected chi connectivity index (χ3v) is 4.58. The topological polar surface area (TPSA) is 92.4 Å². The molecule has 0 saturated carbocycles. The van der Waals surface area contributed by atoms with Gasteiger partial charge in [0, 0.05) is 13.1 Å². The van der Waals surface area contributed by atoms with Gasteiger partial charge < -0.3 is 10.6 Å². The summed E-state index contributed by atoms with van der Waals surface area (Å²) in [7, 11) is 0.382. The number of rotatable bonds is 7. The molecule has 0 spiro atoms. The average Bonchev–Trinajstić information content (AvgIpc) is 2.34. The van der Waals surface area contributed by atoms with Crippen molar-refractivity contribution in [3.8, 4) is 0 Å². The van der Waals surface area contributed by atoms with Gasteiger partial charge in [-0.3, -0.25) is 0 Å². The van der Waals surface area contributed by atoms with Crippen molar-refractivity contribution >= 4 is 16.0 Å². The molecule has 1 aromatic rings. The molecule has 0 aliphatic heterocycles. The molecule has 19 heavy (non-hydrogen) atoms. The van der Waals surface area contributed by atoms with Crippen LogP contribution >= 0.6 is 0 Å². The van der Waals surface area contributed by atoms with Gasteiger partial charge in [-0.05, 0) is 27.1 Å². The van der Waals surface area contributed by atoms with E-state index < -0.39 is 10.0 Å². The predicted molar refractivity (Wildman–Crippen MR) is 74.0 cm³/mol. The third-order valence-electron chi connectivity index (χ3n) is 2.65. The third kappa shape index (κ3) is 4.41. The minimum Gasteiger partial charge on any atom is -0.368 e. The molecule has 0 saturated heterocycles. The van der Waals surface area contributed by atoms with Gasteiger partial charge in [0.05, 0.1) is 12.4 Å². The van der Waals surface area contributed by atoms with Crippen molar-refractivity contribution in [2.75, 3.05) is 39.5 Å². The first kappa shape index (κ1) is 15.8. The molecule has 0 aliphatic carbocycles. The molecule has 0 aliphatic rings. The Morgan fingerprint density at radius 2 is 1.79 bits per heavy atom. The van der Waals surface area contributed by atoms with E-state index in [0.717, 1.165) is 13.0 Å². The molecule has 0 bridgehead atoms. The molecule has 0 amide bonds. The normalized spacial score (nSPS) is 12.3. The second kappa shape index (κ2) is 6.78. The van der Waals surface area contributed by atoms with Gasteiger partial charge in [-0.2, -0.15) is 4.31 Å². The van der Waals surface area contributed by atoms with Crippen molar-refractivity contribution in [3.63, 3.8) is 0 Å². The summed E-state index contributed by atoms with van der Waals surface area (Å²) < 4.78 is 26.1. The summed E-state index contributed by atoms with van der Waals surface area (Å²) in [5, 5.41) is 0. The fraction of sp³-hybridized carbons (Fsp3) is 0.636. The Labute approximate surface area is 114 Å². The van der Waals surface area contributed by atoms with Gasteiger partial charge in [-0.25, -0.2) is 18.4 Å². The van der Waals surface area contributed by atoms with E-state index in [2.05, 4.69) is 9.97 Å². The van der Waals surface area contributed by atoms with Crippen LogP contribution in [0.5, 0.6) is 0 Å². The van der Waals surface area contributed by atoms with Crippen LogP contribution in [0.4, 0.5) is 5.95 Å². The molecule has 2 N–H and O–H groups in total. The van der Waals surface area contributed by atoms with Gasteiger partial charge in [-0.15, -0.1) is 0 Å². The fourth-order valence-electron chi connectivity index (χ4n) is 1.62. The number of hydrogen-bond acceptors (Lipinski definition) is 6. The Hall–Kier alpha value is -1.25. The van der Waals surface area contributed by atoms with Crippen LogP contribution in [0.15, 0.2) is 17.3 Å². The Morgan fingerprint density at radius 3 is 2.26 bits per heavy atom. The molecular formula is C11H21N5O2S. The van der Waals surface area contributed by atoms with E-state index >= 15 is 0 Å². The Morgan fingerprint density at radius 1 is 1.21 bits per heavy atom. The minimum atomic E-state index is -3.53. The predicted octanol–water partition coefficient (Wildman–Crippen LogP) is 0.0211. The number of nitrogens with two attached hydrogens (primary N) is 1. The van der Waals surface area contributed by atoms with Crippen LogP contribution in [-0.4, -0.2) is 61.3 Å². The van der Waals surface area contributed by atoms with Crippen LogP contribution in [0.2, 0.25) is 0 Å². The number of hydrogen-bond donors (Lipinski definition) is 1. The van der Waals surface area contributed by atoms with Crippen LogP contribution in [0.25, 0.3) is 0 Å². The quantitative estimate of drug-likeness (QED) is 0.760. The number of sulfonamides is 1. The Kier molecular flexibility index (Phi) is 5.64. The minimum absolute atomic E-state index is 0.0645. The van der Waals surface area contributed by atoms with Crippen molar-refractivity contribution < 1.29 is 8.42 Å². The Balaban J connectivity index is 2.80. The monoisotopic (exact) mass is 287 g/mol. The molecule has 8 heteroatoms. The van der Waals surface area contributed by atoms with Crippen molar-refractivity contribution in [2.45, 2.75) is 18.2 Å². The molecule has 1 aromatic heterocycles. The first-order chi connectivity index (χ1) is 8.87. The zero-order valence-corrected chi connectivity index (χ0v) is 12.4. The van der Waals surface area contributed by atoms with Crippen LogP contribution < -0.4 is 5.73 Å². The highest BCUT2D eigenvalue weighted by Crippen LogP contribution is 2.14. The highest BCUT2D eigenvalue weighted by Gasteiger charge is 2.23. The molecule has 0 fully saturated rings. The zero-order valence-electron chi connectivity index (χ0n) is 11.6. The first-order valence-corrected chi connectivity index (χ1v) is 7.54. The average molecular weight is 287 g/mol. The fourth-order valence-corrected chi connectivity index (χ4v) is 3.00. The van der Waals surface area contributed by atoms with E-state index in [1.807, 2.05) is 25.9 Å². The van der Waals surface area contributed by atoms with Crippen LogP contribution in [0.1, 0.15) is 13.3 Å². The van der Waals surface area contributed by atoms with Gasteiger partial charge in [0.1, 0.15) is 4.90 Å². The van der Waals surface area contributed by atoms with Gasteiger partial charge >= 0.3 is 0 Å². The standard InChI is InChI=1S/C11H21N5O2S/c1-4-16(7-5-6-15(2)3)19(17,18)10-8-13-11(12)14-9-10/h8-9H,4-7H2,1-3H3,(H2,12,13,14). The summed E-state index contributed by atoms with van der Waals surface area (Å²) in [5.41, 5.74) is 5.36. The number of aromatic nitrogens is 2. The van der Waals surface area contributed by atoms with Crippen LogP contribution in [-0.2, 0) is 10.0 Å². The molecule has 7 nitrogen and oxygen atoms in total. The van der Waals surface area contributed by atoms with Gasteiger partial charge in [0.2, 0.25) is 16.0 Å². The van der Waals surface area contributed by atoms with E-state index in [-0.39, 0.29) is 10.8 Å². The highest BCUT2D eigenvalue weighted by molar-refractivity contribution is 7.89. The lowest BCUT2D eigenvalue weighted by Crippen LogP contribution is -2.33. The molecular weight excluding hydrogens is 266 g/mol. The van der Waals surface area contributed by atoms with Gasteiger partial charge in [0.15, 0.2) is 0 Å². The second-order valence-electron chi connectivity index (χ2n) is 4.43. The summed E-state index contributed by atoms with van der Waals surface area (Å²) in [6.45, 7) is 3.54. The summed E-state index contributed by atoms with van der Waals surface area (Å²) in [4.78, 5) is 9.54. The van der Waals surface area contributed by atoms with E-state index in [0.29, 0.717) is 13.1 Å². The molecule has 1 rings (SSSR count). The zero-order chi connectivity index (χ0) is 14.5. The van der Waals surface area contributed by atoms with Crippen LogP contribution in [0.3, 0.4) is 0 Å². The smallest absolute Gasteiger partial charge is 0.246 e. The van der Waals surface area contributed by atoms with E-state index in [1.165, 1.54) is 16.7 Å². The molecule has 0 radical (unpaired) electrons. The van der Waals surface area contributed by atoms with Crippen LogP contribution in [0, 0.1) is 0 Å². The number of nitrogen functional groups attached to an aromatic ring is 1. The maximum Gasteiger partial charge on any atom is 0.246 e. The lowest BCUT2D eigenvalue weighted by molar-refractivity contribution is 0.356.